The van der Waals surface area contributed by atoms with Crippen molar-refractivity contribution < 1.29 is 13.9 Å². The Morgan fingerprint density at radius 3 is 2.75 bits per heavy atom. The molecule has 2 aliphatic heterocycles. The predicted molar refractivity (Wildman–Crippen MR) is 142 cm³/mol. The monoisotopic (exact) mass is 573 g/mol. The molecule has 3 unspecified atom stereocenters. The number of carbonyl (C=O) groups is 1. The number of pyridine rings is 1. The average Bonchev–Trinajstić information content (AvgIpc) is 3.51. The molecule has 3 atom stereocenters. The summed E-state index contributed by atoms with van der Waals surface area (Å²) in [5, 5.41) is 10.5. The van der Waals surface area contributed by atoms with Crippen LogP contribution in [-0.2, 0) is 17.6 Å². The first-order valence-corrected chi connectivity index (χ1v) is 14.2. The highest BCUT2D eigenvalue weighted by molar-refractivity contribution is 9.10. The number of aryl methyl sites for hydroxylation is 2. The molecule has 1 saturated carbocycles. The lowest BCUT2D eigenvalue weighted by Gasteiger charge is -2.39. The number of imidazole rings is 1. The van der Waals surface area contributed by atoms with Crippen molar-refractivity contribution in [3.05, 3.63) is 27.7 Å². The topological polar surface area (TPSA) is 84.0 Å². The minimum Gasteiger partial charge on any atom is -0.444 e. The lowest BCUT2D eigenvalue weighted by molar-refractivity contribution is 0.0209. The number of amides is 1. The minimum absolute atomic E-state index is 0.00634. The van der Waals surface area contributed by atoms with Crippen LogP contribution in [0.4, 0.5) is 9.18 Å². The summed E-state index contributed by atoms with van der Waals surface area (Å²) in [5.41, 5.74) is 2.08. The second-order valence-electron chi connectivity index (χ2n) is 10.5. The van der Waals surface area contributed by atoms with E-state index in [4.69, 9.17) is 15.0 Å². The summed E-state index contributed by atoms with van der Waals surface area (Å²) >= 11 is 4.85. The molecule has 2 aromatic heterocycles. The Morgan fingerprint density at radius 2 is 2.11 bits per heavy atom. The number of ether oxygens (including phenoxy) is 1. The van der Waals surface area contributed by atoms with Crippen molar-refractivity contribution >= 4 is 55.7 Å². The Labute approximate surface area is 222 Å². The summed E-state index contributed by atoms with van der Waals surface area (Å²) in [6.07, 6.45) is 3.98. The number of nitrogens with zero attached hydrogens (tertiary/aromatic N) is 5. The summed E-state index contributed by atoms with van der Waals surface area (Å²) in [4.78, 5) is 24.5. The van der Waals surface area contributed by atoms with Gasteiger partial charge >= 0.3 is 6.09 Å². The maximum Gasteiger partial charge on any atom is 0.410 e. The van der Waals surface area contributed by atoms with E-state index >= 15 is 4.39 Å². The van der Waals surface area contributed by atoms with Crippen LogP contribution in [0.5, 0.6) is 0 Å². The summed E-state index contributed by atoms with van der Waals surface area (Å²) in [6, 6.07) is 4.15. The fourth-order valence-electron chi connectivity index (χ4n) is 5.59. The van der Waals surface area contributed by atoms with E-state index in [0.717, 1.165) is 28.8 Å². The summed E-state index contributed by atoms with van der Waals surface area (Å²) < 4.78 is 23.9. The molecule has 3 aromatic rings. The van der Waals surface area contributed by atoms with Crippen molar-refractivity contribution in [3.63, 3.8) is 0 Å². The third-order valence-electron chi connectivity index (χ3n) is 7.11. The van der Waals surface area contributed by atoms with Crippen LogP contribution in [-0.4, -0.2) is 50.0 Å². The molecule has 2 saturated heterocycles. The van der Waals surface area contributed by atoms with E-state index in [1.54, 1.807) is 0 Å². The Morgan fingerprint density at radius 1 is 1.36 bits per heavy atom. The number of hydrogen-bond acceptors (Lipinski definition) is 6. The number of halogens is 2. The molecule has 1 aliphatic carbocycles. The molecular weight excluding hydrogens is 545 g/mol. The molecule has 0 radical (unpaired) electrons. The number of thioether (sulfide) groups is 1. The number of benzene rings is 1. The van der Waals surface area contributed by atoms with Crippen LogP contribution in [0.3, 0.4) is 0 Å². The second kappa shape index (κ2) is 9.18. The average molecular weight is 575 g/mol. The number of nitriles is 1. The van der Waals surface area contributed by atoms with Crippen LogP contribution in [0.15, 0.2) is 15.6 Å². The van der Waals surface area contributed by atoms with Crippen molar-refractivity contribution in [1.29, 1.82) is 5.26 Å². The summed E-state index contributed by atoms with van der Waals surface area (Å²) in [6.45, 7) is 8.33. The van der Waals surface area contributed by atoms with Crippen molar-refractivity contribution in [2.75, 3.05) is 12.8 Å². The number of carbonyl (C=O) groups excluding carboxylic acids is 1. The first-order chi connectivity index (χ1) is 17.1. The summed E-state index contributed by atoms with van der Waals surface area (Å²) in [7, 11) is 0. The zero-order valence-electron chi connectivity index (χ0n) is 21.1. The van der Waals surface area contributed by atoms with Gasteiger partial charge in [0, 0.05) is 30.7 Å². The minimum atomic E-state index is -0.560. The van der Waals surface area contributed by atoms with E-state index in [0.29, 0.717) is 46.2 Å². The van der Waals surface area contributed by atoms with Crippen LogP contribution in [0.1, 0.15) is 58.0 Å². The molecule has 36 heavy (non-hydrogen) atoms. The Bertz CT molecular complexity index is 1430. The molecule has 1 amide bonds. The van der Waals surface area contributed by atoms with Crippen LogP contribution in [0.2, 0.25) is 0 Å². The Kier molecular flexibility index (Phi) is 6.44. The lowest BCUT2D eigenvalue weighted by Crippen LogP contribution is -2.44. The van der Waals surface area contributed by atoms with Gasteiger partial charge in [0.25, 0.3) is 0 Å². The molecule has 0 spiro atoms. The molecule has 2 bridgehead atoms. The second-order valence-corrected chi connectivity index (χ2v) is 12.1. The van der Waals surface area contributed by atoms with Crippen molar-refractivity contribution in [2.45, 2.75) is 76.1 Å². The van der Waals surface area contributed by atoms with Crippen molar-refractivity contribution in [1.82, 2.24) is 19.4 Å². The molecule has 1 aromatic carbocycles. The summed E-state index contributed by atoms with van der Waals surface area (Å²) in [5.74, 6) is 0.766. The zero-order valence-corrected chi connectivity index (χ0v) is 23.5. The quantitative estimate of drug-likeness (QED) is 0.328. The molecule has 7 nitrogen and oxygen atoms in total. The van der Waals surface area contributed by atoms with Crippen LogP contribution in [0.25, 0.3) is 21.9 Å². The molecule has 3 aliphatic rings. The van der Waals surface area contributed by atoms with Crippen molar-refractivity contribution in [2.24, 2.45) is 5.92 Å². The van der Waals surface area contributed by atoms with E-state index < -0.39 is 11.4 Å². The van der Waals surface area contributed by atoms with Crippen LogP contribution in [0, 0.1) is 23.1 Å². The third kappa shape index (κ3) is 3.95. The Balaban J connectivity index is 1.71. The van der Waals surface area contributed by atoms with Gasteiger partial charge in [-0.2, -0.15) is 5.26 Å². The van der Waals surface area contributed by atoms with Crippen LogP contribution < -0.4 is 0 Å². The highest BCUT2D eigenvalue weighted by Gasteiger charge is 2.56. The number of aromatic nitrogens is 3. The Hall–Kier alpha value is -2.38. The molecule has 0 N–H and O–H groups in total. The molecule has 10 heteroatoms. The first-order valence-electron chi connectivity index (χ1n) is 12.2. The molecule has 3 fully saturated rings. The SMILES string of the molecule is CCc1nc2c(SC)nc3c(F)c(Br)c(CCC#N)cc3c2n1C1C2CC1N(C(=O)OC(C)(C)C)C2. The van der Waals surface area contributed by atoms with Gasteiger partial charge in [0.2, 0.25) is 0 Å². The van der Waals surface area contributed by atoms with Gasteiger partial charge < -0.3 is 14.2 Å². The van der Waals surface area contributed by atoms with Crippen LogP contribution >= 0.6 is 27.7 Å². The maximum absolute atomic E-state index is 15.6. The highest BCUT2D eigenvalue weighted by Crippen LogP contribution is 2.52. The largest absolute Gasteiger partial charge is 0.444 e. The predicted octanol–water partition coefficient (Wildman–Crippen LogP) is 6.41. The van der Waals surface area contributed by atoms with E-state index in [9.17, 15) is 4.79 Å². The van der Waals surface area contributed by atoms with Gasteiger partial charge in [-0.05, 0) is 67.4 Å². The smallest absolute Gasteiger partial charge is 0.410 e. The molecule has 6 rings (SSSR count). The fourth-order valence-corrected chi connectivity index (χ4v) is 6.61. The van der Waals surface area contributed by atoms with E-state index in [1.807, 2.05) is 38.0 Å². The van der Waals surface area contributed by atoms with Gasteiger partial charge in [-0.15, -0.1) is 11.8 Å². The van der Waals surface area contributed by atoms with E-state index in [2.05, 4.69) is 38.5 Å². The van der Waals surface area contributed by atoms with Gasteiger partial charge in [-0.25, -0.2) is 19.2 Å². The normalized spacial score (nSPS) is 21.2. The standard InChI is InChI=1S/C26H29BrFN5O2S/c1-6-17-30-21-23(33(17)22-14-11-16(22)32(12-14)25(34)35-26(2,3)4)15-10-13(8-7-9-29)18(27)19(28)20(15)31-24(21)36-5/h10,14,16,22H,6-8,11-12H2,1-5H3. The third-order valence-corrected chi connectivity index (χ3v) is 8.64. The fraction of sp³-hybridized carbons (Fsp3) is 0.538. The van der Waals surface area contributed by atoms with Crippen molar-refractivity contribution in [3.8, 4) is 6.07 Å². The lowest BCUT2D eigenvalue weighted by atomic mass is 9.79. The van der Waals surface area contributed by atoms with Gasteiger partial charge in [0.05, 0.1) is 28.1 Å². The first kappa shape index (κ1) is 25.3. The maximum atomic E-state index is 15.6. The molecular formula is C26H29BrFN5O2S. The van der Waals surface area contributed by atoms with Gasteiger partial charge in [-0.3, -0.25) is 0 Å². The highest BCUT2D eigenvalue weighted by atomic mass is 79.9. The van der Waals surface area contributed by atoms with Gasteiger partial charge in [0.15, 0.2) is 5.82 Å². The number of rotatable bonds is 5. The molecule has 190 valence electrons. The van der Waals surface area contributed by atoms with E-state index in [-0.39, 0.29) is 24.1 Å². The molecule has 4 heterocycles. The number of fused-ring (bicyclic) bond motifs is 4. The van der Waals surface area contributed by atoms with Gasteiger partial charge in [-0.1, -0.05) is 6.92 Å². The van der Waals surface area contributed by atoms with E-state index in [1.165, 1.54) is 11.8 Å². The number of hydrogen-bond donors (Lipinski definition) is 0. The zero-order chi connectivity index (χ0) is 25.9. The van der Waals surface area contributed by atoms with Gasteiger partial charge in [0.1, 0.15) is 27.5 Å².